The van der Waals surface area contributed by atoms with E-state index in [1.807, 2.05) is 30.3 Å². The fraction of sp³-hybridized carbons (Fsp3) is 0.286. The van der Waals surface area contributed by atoms with Crippen LogP contribution in [0.1, 0.15) is 19.3 Å². The normalized spacial score (nSPS) is 14.3. The van der Waals surface area contributed by atoms with Crippen molar-refractivity contribution in [2.24, 2.45) is 0 Å². The fourth-order valence-corrected chi connectivity index (χ4v) is 3.41. The second kappa shape index (κ2) is 9.39. The maximum atomic E-state index is 8.49. The number of halogens is 1. The zero-order valence-electron chi connectivity index (χ0n) is 16.0. The molecule has 1 fully saturated rings. The first-order valence-corrected chi connectivity index (χ1v) is 10.5. The number of rotatable bonds is 2. The van der Waals surface area contributed by atoms with Gasteiger partial charge in [-0.25, -0.2) is 23.2 Å². The molecule has 1 aliphatic heterocycles. The Hall–Kier alpha value is -2.42. The molecule has 29 heavy (non-hydrogen) atoms. The Kier molecular flexibility index (Phi) is 6.89. The van der Waals surface area contributed by atoms with Crippen LogP contribution in [0.5, 0.6) is 5.75 Å². The van der Waals surface area contributed by atoms with Crippen molar-refractivity contribution in [2.45, 2.75) is 19.3 Å². The molecule has 7 nitrogen and oxygen atoms in total. The molecule has 8 heteroatoms. The highest BCUT2D eigenvalue weighted by molar-refractivity contribution is 5.78. The molecule has 4 rings (SSSR count). The zero-order valence-corrected chi connectivity index (χ0v) is 16.8. The molecular formula is C21H22ClNO6. The van der Waals surface area contributed by atoms with Gasteiger partial charge in [-0.2, -0.15) is 0 Å². The summed E-state index contributed by atoms with van der Waals surface area (Å²) in [7, 11) is -3.26. The maximum Gasteiger partial charge on any atom is 0.214 e. The van der Waals surface area contributed by atoms with Crippen molar-refractivity contribution in [3.05, 3.63) is 60.0 Å². The van der Waals surface area contributed by atoms with E-state index in [9.17, 15) is 0 Å². The van der Waals surface area contributed by atoms with E-state index in [2.05, 4.69) is 28.8 Å². The van der Waals surface area contributed by atoms with E-state index in [1.165, 1.54) is 30.0 Å². The molecule has 3 aromatic rings. The van der Waals surface area contributed by atoms with Crippen molar-refractivity contribution in [3.63, 3.8) is 0 Å². The Morgan fingerprint density at radius 1 is 0.897 bits per heavy atom. The summed E-state index contributed by atoms with van der Waals surface area (Å²) in [6.45, 7) is 2.24. The Labute approximate surface area is 170 Å². The summed E-state index contributed by atoms with van der Waals surface area (Å²) in [5.74, 6) is 1.76. The molecule has 2 aromatic carbocycles. The molecule has 0 radical (unpaired) electrons. The van der Waals surface area contributed by atoms with E-state index >= 15 is 0 Å². The number of benzene rings is 2. The van der Waals surface area contributed by atoms with E-state index in [0.29, 0.717) is 0 Å². The summed E-state index contributed by atoms with van der Waals surface area (Å²) in [6.07, 6.45) is 3.85. The summed E-state index contributed by atoms with van der Waals surface area (Å²) in [5, 5.41) is 2.47. The lowest BCUT2D eigenvalue weighted by Crippen LogP contribution is -2.68. The lowest BCUT2D eigenvalue weighted by Gasteiger charge is -2.17. The predicted octanol–water partition coefficient (Wildman–Crippen LogP) is -0.691. The van der Waals surface area contributed by atoms with Crippen molar-refractivity contribution in [1.82, 2.24) is 4.58 Å². The van der Waals surface area contributed by atoms with Crippen LogP contribution in [-0.4, -0.2) is 20.2 Å². The molecule has 0 N–H and O–H groups in total. The van der Waals surface area contributed by atoms with Crippen molar-refractivity contribution in [2.75, 3.05) is 20.2 Å². The predicted molar refractivity (Wildman–Crippen MR) is 97.1 cm³/mol. The average Bonchev–Trinajstić information content (AvgIpc) is 2.72. The third-order valence-electron chi connectivity index (χ3n) is 4.72. The molecule has 0 amide bonds. The molecule has 154 valence electrons. The van der Waals surface area contributed by atoms with E-state index in [0.717, 1.165) is 35.7 Å². The van der Waals surface area contributed by atoms with Crippen molar-refractivity contribution >= 4 is 11.0 Å². The number of piperidine rings is 1. The van der Waals surface area contributed by atoms with Gasteiger partial charge in [-0.05, 0) is 42.8 Å². The van der Waals surface area contributed by atoms with Gasteiger partial charge >= 0.3 is 0 Å². The van der Waals surface area contributed by atoms with Crippen LogP contribution < -0.4 is 33.3 Å². The minimum atomic E-state index is -4.94. The van der Waals surface area contributed by atoms with Gasteiger partial charge in [0.1, 0.15) is 30.2 Å². The Bertz CT molecular complexity index is 1010. The number of nitrogens with zero attached hydrogens (tertiary/aromatic N) is 1. The second-order valence-electron chi connectivity index (χ2n) is 6.65. The molecule has 1 aromatic heterocycles. The average molecular weight is 420 g/mol. The number of fused-ring (bicyclic) bond motifs is 1. The Morgan fingerprint density at radius 2 is 1.52 bits per heavy atom. The van der Waals surface area contributed by atoms with Gasteiger partial charge in [0, 0.05) is 18.4 Å². The standard InChI is InChI=1S/C21H22NO2.ClHO4/c1-23-17-11-9-16(10-12-17)21-15-19(22-13-5-2-6-14-22)18-7-3-4-8-20(18)24-21;2-1(3,4)5/h3-4,7-12,15H,2,5-6,13-14H2,1H3;(H,2,3,4,5)/q+1;/p-1. The zero-order chi connectivity index (χ0) is 20.9. The van der Waals surface area contributed by atoms with Crippen LogP contribution in [0.25, 0.3) is 22.3 Å². The smallest absolute Gasteiger partial charge is 0.214 e. The van der Waals surface area contributed by atoms with E-state index in [-0.39, 0.29) is 0 Å². The van der Waals surface area contributed by atoms with Crippen LogP contribution in [0.15, 0.2) is 59.0 Å². The first-order chi connectivity index (χ1) is 13.8. The van der Waals surface area contributed by atoms with Crippen LogP contribution >= 0.6 is 0 Å². The number of para-hydroxylation sites is 1. The number of ether oxygens (including phenoxy) is 1. The van der Waals surface area contributed by atoms with Gasteiger partial charge in [0.2, 0.25) is 5.36 Å². The van der Waals surface area contributed by atoms with E-state index in [1.54, 1.807) is 7.11 Å². The van der Waals surface area contributed by atoms with Gasteiger partial charge < -0.3 is 9.15 Å². The molecule has 1 aliphatic rings. The molecule has 0 spiro atoms. The molecule has 2 heterocycles. The third kappa shape index (κ3) is 6.03. The highest BCUT2D eigenvalue weighted by atomic mass is 35.7. The minimum Gasteiger partial charge on any atom is -0.497 e. The molecule has 0 atom stereocenters. The van der Waals surface area contributed by atoms with Crippen molar-refractivity contribution in [3.8, 4) is 17.1 Å². The molecular weight excluding hydrogens is 398 g/mol. The topological polar surface area (TPSA) is 118 Å². The number of hydrogen-bond acceptors (Lipinski definition) is 6. The monoisotopic (exact) mass is 419 g/mol. The van der Waals surface area contributed by atoms with Crippen molar-refractivity contribution < 1.29 is 38.0 Å². The van der Waals surface area contributed by atoms with Gasteiger partial charge in [-0.3, -0.25) is 0 Å². The summed E-state index contributed by atoms with van der Waals surface area (Å²) in [5.41, 5.74) is 2.01. The molecule has 0 aliphatic carbocycles. The van der Waals surface area contributed by atoms with Crippen LogP contribution in [0.4, 0.5) is 0 Å². The molecule has 1 saturated heterocycles. The SMILES string of the molecule is COc1ccc(-c2cc(=[N+]3CCCCC3)c3ccccc3o2)cc1.[O-][Cl+3]([O-])([O-])[O-]. The summed E-state index contributed by atoms with van der Waals surface area (Å²) in [6, 6.07) is 18.5. The summed E-state index contributed by atoms with van der Waals surface area (Å²) < 4.78 is 47.9. The van der Waals surface area contributed by atoms with E-state index < -0.39 is 10.2 Å². The van der Waals surface area contributed by atoms with Gasteiger partial charge in [-0.15, -0.1) is 10.2 Å². The maximum absolute atomic E-state index is 8.49. The first kappa shape index (κ1) is 21.3. The van der Waals surface area contributed by atoms with Crippen LogP contribution in [0, 0.1) is 10.2 Å². The van der Waals surface area contributed by atoms with Gasteiger partial charge in [-0.1, -0.05) is 12.1 Å². The van der Waals surface area contributed by atoms with Gasteiger partial charge in [0.25, 0.3) is 0 Å². The Balaban J connectivity index is 0.000000431. The van der Waals surface area contributed by atoms with Crippen LogP contribution in [-0.2, 0) is 0 Å². The molecule has 0 unspecified atom stereocenters. The quantitative estimate of drug-likeness (QED) is 0.507. The third-order valence-corrected chi connectivity index (χ3v) is 4.72. The lowest BCUT2D eigenvalue weighted by molar-refractivity contribution is -2.00. The Morgan fingerprint density at radius 3 is 2.14 bits per heavy atom. The lowest BCUT2D eigenvalue weighted by atomic mass is 10.1. The van der Waals surface area contributed by atoms with Crippen LogP contribution in [0.2, 0.25) is 0 Å². The molecule has 0 saturated carbocycles. The summed E-state index contributed by atoms with van der Waals surface area (Å²) >= 11 is 0. The first-order valence-electron chi connectivity index (χ1n) is 9.22. The number of hydrogen-bond donors (Lipinski definition) is 0. The minimum absolute atomic E-state index is 0.857. The van der Waals surface area contributed by atoms with Gasteiger partial charge in [0.05, 0.1) is 18.6 Å². The fourth-order valence-electron chi connectivity index (χ4n) is 3.41. The van der Waals surface area contributed by atoms with Gasteiger partial charge in [0.15, 0.2) is 0 Å². The highest BCUT2D eigenvalue weighted by Crippen LogP contribution is 2.24. The summed E-state index contributed by atoms with van der Waals surface area (Å²) in [4.78, 5) is 0. The van der Waals surface area contributed by atoms with E-state index in [4.69, 9.17) is 27.8 Å². The second-order valence-corrected chi connectivity index (χ2v) is 7.40. The largest absolute Gasteiger partial charge is 0.497 e. The van der Waals surface area contributed by atoms with Crippen molar-refractivity contribution in [1.29, 1.82) is 0 Å². The number of methoxy groups -OCH3 is 1. The highest BCUT2D eigenvalue weighted by Gasteiger charge is 2.16. The van der Waals surface area contributed by atoms with Crippen LogP contribution in [0.3, 0.4) is 0 Å². The molecule has 0 bridgehead atoms.